The summed E-state index contributed by atoms with van der Waals surface area (Å²) in [5, 5.41) is 0. The predicted octanol–water partition coefficient (Wildman–Crippen LogP) is 2.82. The molecule has 1 aliphatic rings. The number of imidazole rings is 1. The molecule has 96 valence electrons. The molecule has 1 aliphatic carbocycles. The molecular weight excluding hydrogens is 222 g/mol. The standard InChI is InChI=1S/C15H21N3/c1-10-8-13-14(9-11(10)2)17-15(16-13)6-7-18(3)12-4-5-12/h8-9,12H,4-7H2,1-3H3,(H,16,17). The fourth-order valence-corrected chi connectivity index (χ4v) is 2.42. The molecule has 3 heteroatoms. The lowest BCUT2D eigenvalue weighted by Gasteiger charge is -2.13. The van der Waals surface area contributed by atoms with Crippen LogP contribution in [0.2, 0.25) is 0 Å². The van der Waals surface area contributed by atoms with Crippen LogP contribution in [0, 0.1) is 13.8 Å². The number of aromatic nitrogens is 2. The Morgan fingerprint density at radius 2 is 2.00 bits per heavy atom. The predicted molar refractivity (Wildman–Crippen MR) is 74.9 cm³/mol. The Balaban J connectivity index is 1.76. The number of hydrogen-bond donors (Lipinski definition) is 1. The van der Waals surface area contributed by atoms with Gasteiger partial charge in [0, 0.05) is 19.0 Å². The molecule has 3 rings (SSSR count). The van der Waals surface area contributed by atoms with Gasteiger partial charge in [-0.2, -0.15) is 0 Å². The van der Waals surface area contributed by atoms with E-state index in [9.17, 15) is 0 Å². The molecule has 0 bridgehead atoms. The van der Waals surface area contributed by atoms with E-state index in [2.05, 4.69) is 47.9 Å². The lowest BCUT2D eigenvalue weighted by Crippen LogP contribution is -2.23. The van der Waals surface area contributed by atoms with Gasteiger partial charge in [0.15, 0.2) is 0 Å². The minimum absolute atomic E-state index is 0.832. The third-order valence-corrected chi connectivity index (χ3v) is 4.02. The van der Waals surface area contributed by atoms with Crippen LogP contribution < -0.4 is 0 Å². The first-order valence-electron chi connectivity index (χ1n) is 6.79. The molecule has 18 heavy (non-hydrogen) atoms. The Bertz CT molecular complexity index is 527. The number of H-pyrrole nitrogens is 1. The Kier molecular flexibility index (Phi) is 2.86. The lowest BCUT2D eigenvalue weighted by molar-refractivity contribution is 0.326. The van der Waals surface area contributed by atoms with Crippen LogP contribution in [-0.2, 0) is 6.42 Å². The van der Waals surface area contributed by atoms with Crippen molar-refractivity contribution in [2.24, 2.45) is 0 Å². The van der Waals surface area contributed by atoms with Crippen molar-refractivity contribution in [2.45, 2.75) is 39.2 Å². The molecule has 1 N–H and O–H groups in total. The summed E-state index contributed by atoms with van der Waals surface area (Å²) in [6.07, 6.45) is 3.75. The van der Waals surface area contributed by atoms with E-state index in [1.165, 1.54) is 29.5 Å². The largest absolute Gasteiger partial charge is 0.342 e. The second kappa shape index (κ2) is 4.39. The number of nitrogens with one attached hydrogen (secondary N) is 1. The molecule has 1 aromatic heterocycles. The summed E-state index contributed by atoms with van der Waals surface area (Å²) >= 11 is 0. The van der Waals surface area contributed by atoms with E-state index < -0.39 is 0 Å². The number of benzene rings is 1. The SMILES string of the molecule is Cc1cc2nc(CCN(C)C3CC3)[nH]c2cc1C. The van der Waals surface area contributed by atoms with Crippen LogP contribution in [0.1, 0.15) is 29.8 Å². The van der Waals surface area contributed by atoms with Crippen molar-refractivity contribution in [2.75, 3.05) is 13.6 Å². The van der Waals surface area contributed by atoms with Gasteiger partial charge in [0.2, 0.25) is 0 Å². The molecule has 0 spiro atoms. The molecule has 0 aliphatic heterocycles. The maximum absolute atomic E-state index is 4.68. The van der Waals surface area contributed by atoms with Gasteiger partial charge in [0.1, 0.15) is 5.82 Å². The summed E-state index contributed by atoms with van der Waals surface area (Å²) in [6.45, 7) is 5.39. The highest BCUT2D eigenvalue weighted by Crippen LogP contribution is 2.25. The van der Waals surface area contributed by atoms with E-state index in [1.807, 2.05) is 0 Å². The van der Waals surface area contributed by atoms with Crippen LogP contribution >= 0.6 is 0 Å². The van der Waals surface area contributed by atoms with E-state index in [0.29, 0.717) is 0 Å². The van der Waals surface area contributed by atoms with E-state index >= 15 is 0 Å². The van der Waals surface area contributed by atoms with Gasteiger partial charge in [0.05, 0.1) is 11.0 Å². The van der Waals surface area contributed by atoms with Crippen molar-refractivity contribution in [1.29, 1.82) is 0 Å². The van der Waals surface area contributed by atoms with Crippen molar-refractivity contribution < 1.29 is 0 Å². The molecule has 0 amide bonds. The van der Waals surface area contributed by atoms with E-state index in [-0.39, 0.29) is 0 Å². The van der Waals surface area contributed by atoms with Crippen molar-refractivity contribution in [3.63, 3.8) is 0 Å². The Morgan fingerprint density at radius 3 is 2.72 bits per heavy atom. The lowest BCUT2D eigenvalue weighted by atomic mass is 10.1. The quantitative estimate of drug-likeness (QED) is 0.895. The van der Waals surface area contributed by atoms with Gasteiger partial charge in [0.25, 0.3) is 0 Å². The second-order valence-electron chi connectivity index (χ2n) is 5.60. The number of likely N-dealkylation sites (N-methyl/N-ethyl adjacent to an activating group) is 1. The molecule has 0 atom stereocenters. The highest BCUT2D eigenvalue weighted by atomic mass is 15.2. The van der Waals surface area contributed by atoms with Crippen molar-refractivity contribution in [3.8, 4) is 0 Å². The Morgan fingerprint density at radius 1 is 1.28 bits per heavy atom. The summed E-state index contributed by atoms with van der Waals surface area (Å²) in [5.74, 6) is 1.11. The number of nitrogens with zero attached hydrogens (tertiary/aromatic N) is 2. The van der Waals surface area contributed by atoms with Crippen molar-refractivity contribution >= 4 is 11.0 Å². The van der Waals surface area contributed by atoms with Crippen molar-refractivity contribution in [1.82, 2.24) is 14.9 Å². The average molecular weight is 243 g/mol. The highest BCUT2D eigenvalue weighted by Gasteiger charge is 2.25. The molecular formula is C15H21N3. The first kappa shape index (κ1) is 11.7. The first-order chi connectivity index (χ1) is 8.63. The number of rotatable bonds is 4. The van der Waals surface area contributed by atoms with Crippen LogP contribution in [0.5, 0.6) is 0 Å². The Labute approximate surface area is 108 Å². The van der Waals surface area contributed by atoms with Crippen LogP contribution in [0.25, 0.3) is 11.0 Å². The van der Waals surface area contributed by atoms with Crippen molar-refractivity contribution in [3.05, 3.63) is 29.1 Å². The monoisotopic (exact) mass is 243 g/mol. The minimum Gasteiger partial charge on any atom is -0.342 e. The topological polar surface area (TPSA) is 31.9 Å². The third kappa shape index (κ3) is 2.27. The van der Waals surface area contributed by atoms with Gasteiger partial charge < -0.3 is 9.88 Å². The van der Waals surface area contributed by atoms with Gasteiger partial charge >= 0.3 is 0 Å². The van der Waals surface area contributed by atoms with Gasteiger partial charge in [-0.1, -0.05) is 0 Å². The molecule has 0 saturated heterocycles. The summed E-state index contributed by atoms with van der Waals surface area (Å²) in [4.78, 5) is 10.6. The van der Waals surface area contributed by atoms with Crippen LogP contribution in [-0.4, -0.2) is 34.5 Å². The highest BCUT2D eigenvalue weighted by molar-refractivity contribution is 5.77. The van der Waals surface area contributed by atoms with E-state index in [0.717, 1.165) is 30.3 Å². The summed E-state index contributed by atoms with van der Waals surface area (Å²) < 4.78 is 0. The number of hydrogen-bond acceptors (Lipinski definition) is 2. The molecule has 1 fully saturated rings. The van der Waals surface area contributed by atoms with Crippen LogP contribution in [0.15, 0.2) is 12.1 Å². The fraction of sp³-hybridized carbons (Fsp3) is 0.533. The van der Waals surface area contributed by atoms with Gasteiger partial charge in [-0.3, -0.25) is 0 Å². The molecule has 3 nitrogen and oxygen atoms in total. The Hall–Kier alpha value is -1.35. The zero-order valence-electron chi connectivity index (χ0n) is 11.5. The minimum atomic E-state index is 0.832. The zero-order chi connectivity index (χ0) is 12.7. The molecule has 1 saturated carbocycles. The number of fused-ring (bicyclic) bond motifs is 1. The smallest absolute Gasteiger partial charge is 0.108 e. The average Bonchev–Trinajstić information content (AvgIpc) is 3.10. The molecule has 0 unspecified atom stereocenters. The molecule has 1 heterocycles. The fourth-order valence-electron chi connectivity index (χ4n) is 2.42. The summed E-state index contributed by atoms with van der Waals surface area (Å²) in [5.41, 5.74) is 4.91. The molecule has 2 aromatic rings. The van der Waals surface area contributed by atoms with E-state index in [1.54, 1.807) is 0 Å². The van der Waals surface area contributed by atoms with Gasteiger partial charge in [-0.25, -0.2) is 4.98 Å². The normalized spacial score (nSPS) is 15.8. The maximum atomic E-state index is 4.68. The zero-order valence-corrected chi connectivity index (χ0v) is 11.5. The summed E-state index contributed by atoms with van der Waals surface area (Å²) in [6, 6.07) is 5.21. The van der Waals surface area contributed by atoms with Gasteiger partial charge in [-0.15, -0.1) is 0 Å². The summed E-state index contributed by atoms with van der Waals surface area (Å²) in [7, 11) is 2.22. The second-order valence-corrected chi connectivity index (χ2v) is 5.60. The number of aryl methyl sites for hydroxylation is 2. The number of aromatic amines is 1. The van der Waals surface area contributed by atoms with Crippen LogP contribution in [0.4, 0.5) is 0 Å². The first-order valence-corrected chi connectivity index (χ1v) is 6.79. The van der Waals surface area contributed by atoms with E-state index in [4.69, 9.17) is 0 Å². The molecule has 0 radical (unpaired) electrons. The molecule has 1 aromatic carbocycles. The maximum Gasteiger partial charge on any atom is 0.108 e. The van der Waals surface area contributed by atoms with Crippen LogP contribution in [0.3, 0.4) is 0 Å². The third-order valence-electron chi connectivity index (χ3n) is 4.02. The van der Waals surface area contributed by atoms with Gasteiger partial charge in [-0.05, 0) is 57.0 Å².